The number of aliphatic hydroxyl groups is 1. The summed E-state index contributed by atoms with van der Waals surface area (Å²) in [6, 6.07) is 9.56. The fraction of sp³-hybridized carbons (Fsp3) is 0.233. The van der Waals surface area contributed by atoms with Gasteiger partial charge < -0.3 is 19.0 Å². The lowest BCUT2D eigenvalue weighted by molar-refractivity contribution is -0.132. The number of carbonyl (C=O) groups is 3. The number of benzene rings is 1. The highest BCUT2D eigenvalue weighted by atomic mass is 32.1. The van der Waals surface area contributed by atoms with Crippen LogP contribution in [-0.2, 0) is 14.3 Å². The van der Waals surface area contributed by atoms with Gasteiger partial charge in [0.2, 0.25) is 0 Å². The molecule has 0 bridgehead atoms. The van der Waals surface area contributed by atoms with E-state index in [9.17, 15) is 19.5 Å². The van der Waals surface area contributed by atoms with Crippen LogP contribution in [0.15, 0.2) is 60.8 Å². The number of amides is 1. The molecule has 1 aliphatic rings. The summed E-state index contributed by atoms with van der Waals surface area (Å²) in [4.78, 5) is 50.3. The van der Waals surface area contributed by atoms with Crippen LogP contribution >= 0.6 is 11.3 Å². The first-order valence-electron chi connectivity index (χ1n) is 12.9. The molecular formula is C30H28N4O6S. The van der Waals surface area contributed by atoms with Crippen molar-refractivity contribution in [3.8, 4) is 5.75 Å². The van der Waals surface area contributed by atoms with Gasteiger partial charge in [0.1, 0.15) is 28.6 Å². The minimum atomic E-state index is -1.08. The van der Waals surface area contributed by atoms with Crippen LogP contribution < -0.4 is 9.64 Å². The molecule has 1 aromatic carbocycles. The molecule has 1 atom stereocenters. The van der Waals surface area contributed by atoms with Crippen LogP contribution in [0.1, 0.15) is 50.8 Å². The number of anilines is 1. The van der Waals surface area contributed by atoms with Gasteiger partial charge in [0.05, 0.1) is 29.6 Å². The van der Waals surface area contributed by atoms with E-state index in [1.54, 1.807) is 51.1 Å². The summed E-state index contributed by atoms with van der Waals surface area (Å²) in [6.07, 6.45) is 3.41. The molecule has 1 fully saturated rings. The first-order valence-corrected chi connectivity index (χ1v) is 13.7. The van der Waals surface area contributed by atoms with Crippen LogP contribution in [-0.4, -0.2) is 50.3 Å². The number of pyridine rings is 1. The van der Waals surface area contributed by atoms with E-state index >= 15 is 0 Å². The molecule has 1 N–H and O–H groups in total. The molecule has 10 nitrogen and oxygen atoms in total. The fourth-order valence-electron chi connectivity index (χ4n) is 4.82. The zero-order valence-electron chi connectivity index (χ0n) is 23.0. The Morgan fingerprint density at radius 3 is 2.66 bits per heavy atom. The number of hydrogen-bond acceptors (Lipinski definition) is 9. The Bertz CT molecular complexity index is 1750. The standard InChI is InChI=1S/C30H28N4O6S/c1-6-14-40-20-12-8-11-19(15-20)23-21(24(35)22-18(5)33-13-9-10-16(3)27(33)32-22)25(36)28(37)34(23)30-31-17(4)26(41-30)29(38)39-7-2/h6,8-13,15,23,35H,1,7,14H2,2-5H3. The number of rotatable bonds is 8. The second kappa shape index (κ2) is 11.0. The first-order chi connectivity index (χ1) is 19.7. The molecule has 1 aliphatic heterocycles. The summed E-state index contributed by atoms with van der Waals surface area (Å²) in [7, 11) is 0. The minimum Gasteiger partial charge on any atom is -0.505 e. The quantitative estimate of drug-likeness (QED) is 0.102. The lowest BCUT2D eigenvalue weighted by Gasteiger charge is -2.23. The predicted octanol–water partition coefficient (Wildman–Crippen LogP) is 5.08. The lowest BCUT2D eigenvalue weighted by Crippen LogP contribution is -2.29. The third-order valence-corrected chi connectivity index (χ3v) is 7.88. The zero-order valence-corrected chi connectivity index (χ0v) is 23.8. The molecule has 4 heterocycles. The van der Waals surface area contributed by atoms with Gasteiger partial charge in [0.25, 0.3) is 5.78 Å². The third-order valence-electron chi connectivity index (χ3n) is 6.75. The van der Waals surface area contributed by atoms with Crippen molar-refractivity contribution in [2.24, 2.45) is 0 Å². The van der Waals surface area contributed by atoms with E-state index in [0.29, 0.717) is 28.3 Å². The molecule has 3 aromatic heterocycles. The second-order valence-electron chi connectivity index (χ2n) is 9.40. The van der Waals surface area contributed by atoms with E-state index in [1.807, 2.05) is 29.7 Å². The molecule has 11 heteroatoms. The largest absolute Gasteiger partial charge is 0.505 e. The van der Waals surface area contributed by atoms with Crippen molar-refractivity contribution < 1.29 is 29.0 Å². The number of aromatic nitrogens is 3. The lowest BCUT2D eigenvalue weighted by atomic mass is 9.96. The van der Waals surface area contributed by atoms with E-state index in [4.69, 9.17) is 9.47 Å². The number of Topliss-reactive ketones (excluding diaryl/α,β-unsaturated/α-hetero) is 1. The number of esters is 1. The number of nitrogens with zero attached hydrogens (tertiary/aromatic N) is 4. The van der Waals surface area contributed by atoms with Crippen molar-refractivity contribution in [2.45, 2.75) is 33.7 Å². The predicted molar refractivity (Wildman–Crippen MR) is 154 cm³/mol. The Morgan fingerprint density at radius 2 is 1.95 bits per heavy atom. The molecule has 5 rings (SSSR count). The molecule has 41 heavy (non-hydrogen) atoms. The molecule has 4 aromatic rings. The number of aryl methyl sites for hydroxylation is 3. The highest BCUT2D eigenvalue weighted by Crippen LogP contribution is 2.44. The highest BCUT2D eigenvalue weighted by Gasteiger charge is 2.49. The second-order valence-corrected chi connectivity index (χ2v) is 10.4. The number of aliphatic hydroxyl groups excluding tert-OH is 1. The van der Waals surface area contributed by atoms with Crippen LogP contribution in [0.5, 0.6) is 5.75 Å². The van der Waals surface area contributed by atoms with Crippen LogP contribution in [0.2, 0.25) is 0 Å². The maximum absolute atomic E-state index is 13.7. The van der Waals surface area contributed by atoms with E-state index in [2.05, 4.69) is 16.5 Å². The molecule has 0 saturated carbocycles. The molecule has 1 saturated heterocycles. The topological polar surface area (TPSA) is 123 Å². The molecular weight excluding hydrogens is 544 g/mol. The van der Waals surface area contributed by atoms with Crippen LogP contribution in [0.25, 0.3) is 11.4 Å². The summed E-state index contributed by atoms with van der Waals surface area (Å²) < 4.78 is 12.7. The number of carbonyl (C=O) groups excluding carboxylic acids is 3. The summed E-state index contributed by atoms with van der Waals surface area (Å²) >= 11 is 0.944. The summed E-state index contributed by atoms with van der Waals surface area (Å²) in [5.74, 6) is -2.29. The highest BCUT2D eigenvalue weighted by molar-refractivity contribution is 7.17. The van der Waals surface area contributed by atoms with Crippen molar-refractivity contribution in [3.63, 3.8) is 0 Å². The minimum absolute atomic E-state index is 0.122. The van der Waals surface area contributed by atoms with Gasteiger partial charge in [-0.25, -0.2) is 14.8 Å². The smallest absolute Gasteiger partial charge is 0.350 e. The number of ether oxygens (including phenoxy) is 2. The van der Waals surface area contributed by atoms with E-state index in [0.717, 1.165) is 16.9 Å². The van der Waals surface area contributed by atoms with Gasteiger partial charge in [0.15, 0.2) is 10.9 Å². The Hall–Kier alpha value is -4.77. The third kappa shape index (κ3) is 4.78. The summed E-state index contributed by atoms with van der Waals surface area (Å²) in [6.45, 7) is 11.1. The zero-order chi connectivity index (χ0) is 29.4. The Morgan fingerprint density at radius 1 is 1.17 bits per heavy atom. The molecule has 0 radical (unpaired) electrons. The van der Waals surface area contributed by atoms with Gasteiger partial charge in [-0.1, -0.05) is 42.2 Å². The molecule has 1 unspecified atom stereocenters. The molecule has 0 spiro atoms. The van der Waals surface area contributed by atoms with Crippen LogP contribution in [0.3, 0.4) is 0 Å². The summed E-state index contributed by atoms with van der Waals surface area (Å²) in [5, 5.41) is 11.8. The van der Waals surface area contributed by atoms with Crippen molar-refractivity contribution in [3.05, 3.63) is 93.9 Å². The number of fused-ring (bicyclic) bond motifs is 1. The van der Waals surface area contributed by atoms with Gasteiger partial charge in [-0.05, 0) is 57.0 Å². The summed E-state index contributed by atoms with van der Waals surface area (Å²) in [5.41, 5.74) is 2.99. The number of hydrogen-bond donors (Lipinski definition) is 1. The van der Waals surface area contributed by atoms with Crippen molar-refractivity contribution in [1.82, 2.24) is 14.4 Å². The van der Waals surface area contributed by atoms with E-state index in [-0.39, 0.29) is 34.5 Å². The number of imidazole rings is 1. The van der Waals surface area contributed by atoms with Gasteiger partial charge >= 0.3 is 11.9 Å². The maximum atomic E-state index is 13.7. The molecule has 210 valence electrons. The first kappa shape index (κ1) is 27.8. The normalized spacial score (nSPS) is 16.4. The van der Waals surface area contributed by atoms with Crippen LogP contribution in [0, 0.1) is 20.8 Å². The van der Waals surface area contributed by atoms with E-state index in [1.165, 1.54) is 4.90 Å². The fourth-order valence-corrected chi connectivity index (χ4v) is 5.81. The number of ketones is 1. The molecule has 1 amide bonds. The monoisotopic (exact) mass is 572 g/mol. The van der Waals surface area contributed by atoms with Crippen molar-refractivity contribution >= 4 is 45.5 Å². The van der Waals surface area contributed by atoms with Gasteiger partial charge in [0, 0.05) is 6.20 Å². The Balaban J connectivity index is 1.73. The van der Waals surface area contributed by atoms with Crippen molar-refractivity contribution in [2.75, 3.05) is 18.1 Å². The van der Waals surface area contributed by atoms with Gasteiger partial charge in [-0.2, -0.15) is 0 Å². The average Bonchev–Trinajstić information content (AvgIpc) is 3.59. The Kier molecular flexibility index (Phi) is 7.46. The SMILES string of the molecule is C=CCOc1cccc(C2C(=C(O)c3nc4c(C)cccn4c3C)C(=O)C(=O)N2c2nc(C)c(C(=O)OCC)s2)c1. The van der Waals surface area contributed by atoms with Crippen LogP contribution in [0.4, 0.5) is 5.13 Å². The number of thiazole rings is 1. The average molecular weight is 573 g/mol. The van der Waals surface area contributed by atoms with Gasteiger partial charge in [-0.15, -0.1) is 0 Å². The maximum Gasteiger partial charge on any atom is 0.350 e. The Labute approximate surface area is 240 Å². The van der Waals surface area contributed by atoms with Gasteiger partial charge in [-0.3, -0.25) is 14.5 Å². The van der Waals surface area contributed by atoms with Crippen molar-refractivity contribution in [1.29, 1.82) is 0 Å². The molecule has 0 aliphatic carbocycles. The van der Waals surface area contributed by atoms with E-state index < -0.39 is 29.5 Å².